The molecule has 21 heavy (non-hydrogen) atoms. The Morgan fingerprint density at radius 3 is 2.05 bits per heavy atom. The lowest BCUT2D eigenvalue weighted by molar-refractivity contribution is 0.249. The number of hydrogen-bond acceptors (Lipinski definition) is 1. The Hall–Kier alpha value is -2.29. The van der Waals surface area contributed by atoms with E-state index in [2.05, 4.69) is 24.5 Å². The molecule has 110 valence electrons. The lowest BCUT2D eigenvalue weighted by Crippen LogP contribution is -2.31. The summed E-state index contributed by atoms with van der Waals surface area (Å²) in [6.45, 7) is 6.27. The predicted molar refractivity (Wildman–Crippen MR) is 87.5 cm³/mol. The second kappa shape index (κ2) is 6.93. The van der Waals surface area contributed by atoms with E-state index in [0.29, 0.717) is 5.92 Å². The highest BCUT2D eigenvalue weighted by Gasteiger charge is 2.09. The summed E-state index contributed by atoms with van der Waals surface area (Å²) >= 11 is 0. The summed E-state index contributed by atoms with van der Waals surface area (Å²) in [5.41, 5.74) is 3.15. The van der Waals surface area contributed by atoms with Gasteiger partial charge in [0.2, 0.25) is 0 Å². The van der Waals surface area contributed by atoms with Crippen molar-refractivity contribution >= 4 is 11.7 Å². The molecule has 3 nitrogen and oxygen atoms in total. The molecule has 2 amide bonds. The first-order chi connectivity index (χ1) is 10.1. The van der Waals surface area contributed by atoms with Crippen LogP contribution >= 0.6 is 0 Å². The molecule has 2 aromatic carbocycles. The predicted octanol–water partition coefficient (Wildman–Crippen LogP) is 4.69. The molecule has 0 spiro atoms. The van der Waals surface area contributed by atoms with Gasteiger partial charge < -0.3 is 10.6 Å². The lowest BCUT2D eigenvalue weighted by atomic mass is 10.0. The molecule has 0 bridgehead atoms. The Balaban J connectivity index is 1.92. The van der Waals surface area contributed by atoms with Crippen LogP contribution in [0.4, 0.5) is 10.5 Å². The standard InChI is InChI=1S/C18H22N2O/c1-13(2)15-9-11-17(12-10-15)20-18(21)19-14(3)16-7-5-4-6-8-16/h4-14H,1-3H3,(H2,19,20,21)/t14-/m0/s1. The number of carbonyl (C=O) groups excluding carboxylic acids is 1. The molecular formula is C18H22N2O. The van der Waals surface area contributed by atoms with Crippen LogP contribution < -0.4 is 10.6 Å². The molecule has 0 aliphatic heterocycles. The SMILES string of the molecule is CC(C)c1ccc(NC(=O)N[C@@H](C)c2ccccc2)cc1. The van der Waals surface area contributed by atoms with Gasteiger partial charge in [-0.2, -0.15) is 0 Å². The molecular weight excluding hydrogens is 260 g/mol. The van der Waals surface area contributed by atoms with Gasteiger partial charge in [-0.15, -0.1) is 0 Å². The van der Waals surface area contributed by atoms with Gasteiger partial charge in [0, 0.05) is 5.69 Å². The van der Waals surface area contributed by atoms with Crippen LogP contribution in [0, 0.1) is 0 Å². The van der Waals surface area contributed by atoms with Crippen molar-refractivity contribution in [2.24, 2.45) is 0 Å². The third kappa shape index (κ3) is 4.35. The maximum Gasteiger partial charge on any atom is 0.319 e. The molecule has 0 radical (unpaired) electrons. The Kier molecular flexibility index (Phi) is 4.99. The summed E-state index contributed by atoms with van der Waals surface area (Å²) in [6, 6.07) is 17.6. The molecule has 2 aromatic rings. The van der Waals surface area contributed by atoms with Crippen molar-refractivity contribution in [3.8, 4) is 0 Å². The van der Waals surface area contributed by atoms with Crippen LogP contribution in [-0.2, 0) is 0 Å². The zero-order chi connectivity index (χ0) is 15.2. The Bertz CT molecular complexity index is 576. The maximum atomic E-state index is 12.0. The van der Waals surface area contributed by atoms with Gasteiger partial charge in [0.15, 0.2) is 0 Å². The third-order valence-electron chi connectivity index (χ3n) is 3.48. The smallest absolute Gasteiger partial charge is 0.319 e. The molecule has 0 unspecified atom stereocenters. The quantitative estimate of drug-likeness (QED) is 0.839. The van der Waals surface area contributed by atoms with Crippen molar-refractivity contribution < 1.29 is 4.79 Å². The molecule has 0 aromatic heterocycles. The monoisotopic (exact) mass is 282 g/mol. The molecule has 2 N–H and O–H groups in total. The summed E-state index contributed by atoms with van der Waals surface area (Å²) in [6.07, 6.45) is 0. The van der Waals surface area contributed by atoms with Gasteiger partial charge in [-0.25, -0.2) is 4.79 Å². The molecule has 0 aliphatic rings. The molecule has 1 atom stereocenters. The average molecular weight is 282 g/mol. The second-order valence-corrected chi connectivity index (χ2v) is 5.51. The number of anilines is 1. The van der Waals surface area contributed by atoms with Crippen LogP contribution in [0.25, 0.3) is 0 Å². The third-order valence-corrected chi connectivity index (χ3v) is 3.48. The summed E-state index contributed by atoms with van der Waals surface area (Å²) < 4.78 is 0. The number of rotatable bonds is 4. The fraction of sp³-hybridized carbons (Fsp3) is 0.278. The second-order valence-electron chi connectivity index (χ2n) is 5.51. The lowest BCUT2D eigenvalue weighted by Gasteiger charge is -2.15. The van der Waals surface area contributed by atoms with Crippen LogP contribution in [-0.4, -0.2) is 6.03 Å². The molecule has 0 heterocycles. The Morgan fingerprint density at radius 2 is 1.48 bits per heavy atom. The van der Waals surface area contributed by atoms with Gasteiger partial charge in [0.05, 0.1) is 6.04 Å². The zero-order valence-electron chi connectivity index (χ0n) is 12.8. The van der Waals surface area contributed by atoms with E-state index < -0.39 is 0 Å². The van der Waals surface area contributed by atoms with Crippen LogP contribution in [0.1, 0.15) is 43.9 Å². The number of urea groups is 1. The fourth-order valence-corrected chi connectivity index (χ4v) is 2.14. The maximum absolute atomic E-state index is 12.0. The zero-order valence-corrected chi connectivity index (χ0v) is 12.8. The van der Waals surface area contributed by atoms with Gasteiger partial charge >= 0.3 is 6.03 Å². The average Bonchev–Trinajstić information content (AvgIpc) is 2.48. The molecule has 0 fully saturated rings. The normalized spacial score (nSPS) is 12.0. The number of amides is 2. The van der Waals surface area contributed by atoms with Crippen LogP contribution in [0.5, 0.6) is 0 Å². The minimum absolute atomic E-state index is 0.0267. The van der Waals surface area contributed by atoms with E-state index in [0.717, 1.165) is 11.3 Å². The fourth-order valence-electron chi connectivity index (χ4n) is 2.14. The molecule has 0 aliphatic carbocycles. The van der Waals surface area contributed by atoms with Crippen LogP contribution in [0.15, 0.2) is 54.6 Å². The molecule has 0 saturated heterocycles. The van der Waals surface area contributed by atoms with Gasteiger partial charge in [0.1, 0.15) is 0 Å². The van der Waals surface area contributed by atoms with Crippen LogP contribution in [0.2, 0.25) is 0 Å². The van der Waals surface area contributed by atoms with Gasteiger partial charge in [0.25, 0.3) is 0 Å². The van der Waals surface area contributed by atoms with E-state index in [1.165, 1.54) is 5.56 Å². The minimum Gasteiger partial charge on any atom is -0.331 e. The Labute approximate surface area is 126 Å². The number of benzene rings is 2. The molecule has 2 rings (SSSR count). The largest absolute Gasteiger partial charge is 0.331 e. The van der Waals surface area contributed by atoms with Crippen molar-refractivity contribution in [1.82, 2.24) is 5.32 Å². The van der Waals surface area contributed by atoms with Crippen molar-refractivity contribution in [2.75, 3.05) is 5.32 Å². The van der Waals surface area contributed by atoms with E-state index in [1.807, 2.05) is 61.5 Å². The highest BCUT2D eigenvalue weighted by molar-refractivity contribution is 5.89. The van der Waals surface area contributed by atoms with Crippen molar-refractivity contribution in [3.05, 3.63) is 65.7 Å². The van der Waals surface area contributed by atoms with E-state index in [1.54, 1.807) is 0 Å². The summed E-state index contributed by atoms with van der Waals surface area (Å²) in [5, 5.41) is 5.79. The summed E-state index contributed by atoms with van der Waals surface area (Å²) in [4.78, 5) is 12.0. The highest BCUT2D eigenvalue weighted by atomic mass is 16.2. The van der Waals surface area contributed by atoms with Crippen molar-refractivity contribution in [1.29, 1.82) is 0 Å². The number of hydrogen-bond donors (Lipinski definition) is 2. The van der Waals surface area contributed by atoms with E-state index >= 15 is 0 Å². The van der Waals surface area contributed by atoms with Gasteiger partial charge in [-0.3, -0.25) is 0 Å². The number of carbonyl (C=O) groups is 1. The van der Waals surface area contributed by atoms with Gasteiger partial charge in [-0.05, 0) is 36.1 Å². The Morgan fingerprint density at radius 1 is 0.857 bits per heavy atom. The number of nitrogens with one attached hydrogen (secondary N) is 2. The van der Waals surface area contributed by atoms with E-state index in [4.69, 9.17) is 0 Å². The van der Waals surface area contributed by atoms with Gasteiger partial charge in [-0.1, -0.05) is 56.3 Å². The molecule has 0 saturated carbocycles. The first-order valence-electron chi connectivity index (χ1n) is 7.28. The van der Waals surface area contributed by atoms with E-state index in [-0.39, 0.29) is 12.1 Å². The first kappa shape index (κ1) is 15.1. The minimum atomic E-state index is -0.191. The van der Waals surface area contributed by atoms with Crippen molar-refractivity contribution in [2.45, 2.75) is 32.7 Å². The highest BCUT2D eigenvalue weighted by Crippen LogP contribution is 2.17. The molecule has 3 heteroatoms. The van der Waals surface area contributed by atoms with E-state index in [9.17, 15) is 4.79 Å². The van der Waals surface area contributed by atoms with Crippen LogP contribution in [0.3, 0.4) is 0 Å². The van der Waals surface area contributed by atoms with Crippen molar-refractivity contribution in [3.63, 3.8) is 0 Å². The topological polar surface area (TPSA) is 41.1 Å². The summed E-state index contributed by atoms with van der Waals surface area (Å²) in [7, 11) is 0. The first-order valence-corrected chi connectivity index (χ1v) is 7.28. The summed E-state index contributed by atoms with van der Waals surface area (Å²) in [5.74, 6) is 0.492.